The second kappa shape index (κ2) is 6.25. The topological polar surface area (TPSA) is 38.7 Å². The van der Waals surface area contributed by atoms with Gasteiger partial charge in [0.25, 0.3) is 0 Å². The predicted molar refractivity (Wildman–Crippen MR) is 82.8 cm³/mol. The molecule has 19 heavy (non-hydrogen) atoms. The van der Waals surface area contributed by atoms with E-state index in [9.17, 15) is 5.11 Å². The van der Waals surface area contributed by atoms with E-state index in [0.29, 0.717) is 11.5 Å². The standard InChI is InChI=1S/C15H15IO3/c1-18-12-7-8-13(14(9-12)19-2)15(17)10-3-5-11(16)6-4-10/h3-9,15,17H,1-2H3. The Hall–Kier alpha value is -1.27. The minimum atomic E-state index is -0.710. The molecule has 2 rings (SSSR count). The number of aliphatic hydroxyl groups is 1. The van der Waals surface area contributed by atoms with Crippen molar-refractivity contribution in [2.45, 2.75) is 6.10 Å². The van der Waals surface area contributed by atoms with E-state index in [1.165, 1.54) is 0 Å². The molecule has 2 aromatic carbocycles. The number of hydrogen-bond acceptors (Lipinski definition) is 3. The number of rotatable bonds is 4. The van der Waals surface area contributed by atoms with Gasteiger partial charge in [0.2, 0.25) is 0 Å². The lowest BCUT2D eigenvalue weighted by atomic mass is 10.0. The highest BCUT2D eigenvalue weighted by atomic mass is 127. The molecule has 0 heterocycles. The van der Waals surface area contributed by atoms with Gasteiger partial charge in [-0.3, -0.25) is 0 Å². The van der Waals surface area contributed by atoms with Crippen molar-refractivity contribution in [2.24, 2.45) is 0 Å². The van der Waals surface area contributed by atoms with E-state index in [1.807, 2.05) is 36.4 Å². The van der Waals surface area contributed by atoms with Crippen molar-refractivity contribution in [3.63, 3.8) is 0 Å². The van der Waals surface area contributed by atoms with Gasteiger partial charge in [-0.1, -0.05) is 12.1 Å². The monoisotopic (exact) mass is 370 g/mol. The third kappa shape index (κ3) is 3.19. The Bertz CT molecular complexity index is 552. The van der Waals surface area contributed by atoms with Crippen LogP contribution in [0.15, 0.2) is 42.5 Å². The number of benzene rings is 2. The third-order valence-electron chi connectivity index (χ3n) is 2.92. The van der Waals surface area contributed by atoms with Gasteiger partial charge in [-0.05, 0) is 52.4 Å². The van der Waals surface area contributed by atoms with Gasteiger partial charge in [0.05, 0.1) is 14.2 Å². The van der Waals surface area contributed by atoms with Crippen molar-refractivity contribution in [3.8, 4) is 11.5 Å². The summed E-state index contributed by atoms with van der Waals surface area (Å²) in [6.45, 7) is 0. The molecule has 3 nitrogen and oxygen atoms in total. The van der Waals surface area contributed by atoms with Crippen LogP contribution in [0.1, 0.15) is 17.2 Å². The van der Waals surface area contributed by atoms with Crippen molar-refractivity contribution in [1.29, 1.82) is 0 Å². The molecule has 0 bridgehead atoms. The largest absolute Gasteiger partial charge is 0.497 e. The molecule has 1 atom stereocenters. The minimum absolute atomic E-state index is 0.616. The maximum atomic E-state index is 10.4. The number of methoxy groups -OCH3 is 2. The number of aliphatic hydroxyl groups excluding tert-OH is 1. The summed E-state index contributed by atoms with van der Waals surface area (Å²) in [4.78, 5) is 0. The summed E-state index contributed by atoms with van der Waals surface area (Å²) in [7, 11) is 3.18. The molecule has 0 aromatic heterocycles. The van der Waals surface area contributed by atoms with E-state index in [1.54, 1.807) is 20.3 Å². The van der Waals surface area contributed by atoms with Crippen LogP contribution in [0.5, 0.6) is 11.5 Å². The summed E-state index contributed by atoms with van der Waals surface area (Å²) in [6, 6.07) is 13.2. The SMILES string of the molecule is COc1ccc(C(O)c2ccc(I)cc2)c(OC)c1. The van der Waals surface area contributed by atoms with Crippen molar-refractivity contribution in [2.75, 3.05) is 14.2 Å². The van der Waals surface area contributed by atoms with Crippen LogP contribution in [-0.2, 0) is 0 Å². The highest BCUT2D eigenvalue weighted by molar-refractivity contribution is 14.1. The summed E-state index contributed by atoms with van der Waals surface area (Å²) in [5, 5.41) is 10.4. The van der Waals surface area contributed by atoms with Crippen LogP contribution in [0.4, 0.5) is 0 Å². The number of hydrogen-bond donors (Lipinski definition) is 1. The first-order valence-corrected chi connectivity index (χ1v) is 6.89. The highest BCUT2D eigenvalue weighted by Crippen LogP contribution is 2.33. The molecule has 0 fully saturated rings. The Labute approximate surface area is 126 Å². The van der Waals surface area contributed by atoms with Gasteiger partial charge >= 0.3 is 0 Å². The smallest absolute Gasteiger partial charge is 0.128 e. The lowest BCUT2D eigenvalue weighted by molar-refractivity contribution is 0.214. The quantitative estimate of drug-likeness (QED) is 0.839. The molecule has 0 aliphatic carbocycles. The zero-order valence-corrected chi connectivity index (χ0v) is 12.9. The number of ether oxygens (including phenoxy) is 2. The molecule has 2 aromatic rings. The Morgan fingerprint density at radius 1 is 1.00 bits per heavy atom. The molecule has 0 spiro atoms. The Morgan fingerprint density at radius 2 is 1.68 bits per heavy atom. The summed E-state index contributed by atoms with van der Waals surface area (Å²) >= 11 is 2.24. The molecule has 0 aliphatic rings. The van der Waals surface area contributed by atoms with Gasteiger partial charge in [-0.25, -0.2) is 0 Å². The fourth-order valence-corrected chi connectivity index (χ4v) is 2.23. The van der Waals surface area contributed by atoms with Crippen LogP contribution >= 0.6 is 22.6 Å². The Balaban J connectivity index is 2.37. The van der Waals surface area contributed by atoms with Gasteiger partial charge in [-0.15, -0.1) is 0 Å². The second-order valence-corrected chi connectivity index (χ2v) is 5.31. The molecule has 0 amide bonds. The van der Waals surface area contributed by atoms with E-state index in [0.717, 1.165) is 14.7 Å². The first-order chi connectivity index (χ1) is 9.15. The predicted octanol–water partition coefficient (Wildman–Crippen LogP) is 3.39. The lowest BCUT2D eigenvalue weighted by Gasteiger charge is -2.16. The van der Waals surface area contributed by atoms with E-state index in [-0.39, 0.29) is 0 Å². The number of halogens is 1. The third-order valence-corrected chi connectivity index (χ3v) is 3.64. The average Bonchev–Trinajstić information content (AvgIpc) is 2.46. The first kappa shape index (κ1) is 14.1. The zero-order chi connectivity index (χ0) is 13.8. The second-order valence-electron chi connectivity index (χ2n) is 4.06. The van der Waals surface area contributed by atoms with E-state index >= 15 is 0 Å². The summed E-state index contributed by atoms with van der Waals surface area (Å²) in [5.74, 6) is 1.32. The molecule has 0 radical (unpaired) electrons. The molecule has 1 unspecified atom stereocenters. The summed E-state index contributed by atoms with van der Waals surface area (Å²) in [5.41, 5.74) is 1.56. The highest BCUT2D eigenvalue weighted by Gasteiger charge is 2.16. The zero-order valence-electron chi connectivity index (χ0n) is 10.8. The van der Waals surface area contributed by atoms with Crippen LogP contribution in [0, 0.1) is 3.57 Å². The average molecular weight is 370 g/mol. The van der Waals surface area contributed by atoms with E-state index in [2.05, 4.69) is 22.6 Å². The Morgan fingerprint density at radius 3 is 2.26 bits per heavy atom. The molecule has 0 saturated carbocycles. The van der Waals surface area contributed by atoms with Gasteiger partial charge in [-0.2, -0.15) is 0 Å². The molecule has 4 heteroatoms. The molecule has 0 aliphatic heterocycles. The minimum Gasteiger partial charge on any atom is -0.497 e. The lowest BCUT2D eigenvalue weighted by Crippen LogP contribution is -2.02. The van der Waals surface area contributed by atoms with Crippen molar-refractivity contribution < 1.29 is 14.6 Å². The van der Waals surface area contributed by atoms with Gasteiger partial charge in [0.1, 0.15) is 17.6 Å². The molecule has 100 valence electrons. The van der Waals surface area contributed by atoms with Crippen molar-refractivity contribution in [1.82, 2.24) is 0 Å². The van der Waals surface area contributed by atoms with Crippen LogP contribution in [0.25, 0.3) is 0 Å². The van der Waals surface area contributed by atoms with E-state index in [4.69, 9.17) is 9.47 Å². The van der Waals surface area contributed by atoms with Crippen LogP contribution in [-0.4, -0.2) is 19.3 Å². The molecule has 1 N–H and O–H groups in total. The summed E-state index contributed by atoms with van der Waals surface area (Å²) in [6.07, 6.45) is -0.710. The van der Waals surface area contributed by atoms with Crippen molar-refractivity contribution in [3.05, 3.63) is 57.2 Å². The van der Waals surface area contributed by atoms with Crippen LogP contribution < -0.4 is 9.47 Å². The van der Waals surface area contributed by atoms with Gasteiger partial charge < -0.3 is 14.6 Å². The van der Waals surface area contributed by atoms with Crippen LogP contribution in [0.3, 0.4) is 0 Å². The maximum absolute atomic E-state index is 10.4. The maximum Gasteiger partial charge on any atom is 0.128 e. The van der Waals surface area contributed by atoms with Gasteiger partial charge in [0, 0.05) is 15.2 Å². The van der Waals surface area contributed by atoms with Crippen LogP contribution in [0.2, 0.25) is 0 Å². The molecular weight excluding hydrogens is 355 g/mol. The normalized spacial score (nSPS) is 12.0. The Kier molecular flexibility index (Phi) is 4.66. The summed E-state index contributed by atoms with van der Waals surface area (Å²) < 4.78 is 11.6. The fraction of sp³-hybridized carbons (Fsp3) is 0.200. The van der Waals surface area contributed by atoms with Crippen molar-refractivity contribution >= 4 is 22.6 Å². The van der Waals surface area contributed by atoms with E-state index < -0.39 is 6.10 Å². The molecular formula is C15H15IO3. The van der Waals surface area contributed by atoms with Gasteiger partial charge in [0.15, 0.2) is 0 Å². The molecule has 0 saturated heterocycles. The first-order valence-electron chi connectivity index (χ1n) is 5.81. The fourth-order valence-electron chi connectivity index (χ4n) is 1.87.